The molecule has 16 heavy (non-hydrogen) atoms. The Morgan fingerprint density at radius 2 is 2.31 bits per heavy atom. The third kappa shape index (κ3) is 1.83. The molecule has 2 nitrogen and oxygen atoms in total. The van der Waals surface area contributed by atoms with Gasteiger partial charge in [-0.25, -0.2) is 4.39 Å². The van der Waals surface area contributed by atoms with Crippen LogP contribution < -0.4 is 0 Å². The molecular weight excluding hydrogens is 291 g/mol. The maximum Gasteiger partial charge on any atom is 0.138 e. The quantitative estimate of drug-likeness (QED) is 0.845. The number of nitriles is 1. The van der Waals surface area contributed by atoms with E-state index < -0.39 is 0 Å². The van der Waals surface area contributed by atoms with E-state index in [-0.39, 0.29) is 5.82 Å². The van der Waals surface area contributed by atoms with E-state index in [4.69, 9.17) is 5.26 Å². The second-order valence-corrected chi connectivity index (χ2v) is 4.89. The van der Waals surface area contributed by atoms with Gasteiger partial charge in [-0.15, -0.1) is 0 Å². The number of nitrogens with zero attached hydrogens (tertiary/aromatic N) is 2. The highest BCUT2D eigenvalue weighted by molar-refractivity contribution is 9.10. The van der Waals surface area contributed by atoms with Gasteiger partial charge in [0.05, 0.1) is 22.5 Å². The summed E-state index contributed by atoms with van der Waals surface area (Å²) >= 11 is 4.69. The largest absolute Gasteiger partial charge is 0.291 e. The molecule has 0 aliphatic rings. The van der Waals surface area contributed by atoms with Crippen molar-refractivity contribution < 1.29 is 4.39 Å². The molecule has 0 spiro atoms. The van der Waals surface area contributed by atoms with Crippen LogP contribution in [0.5, 0.6) is 0 Å². The Hall–Kier alpha value is -0.990. The molecule has 82 valence electrons. The molecule has 2 aromatic rings. The van der Waals surface area contributed by atoms with E-state index >= 15 is 0 Å². The molecule has 0 bridgehead atoms. The summed E-state index contributed by atoms with van der Waals surface area (Å²) < 4.78 is 15.8. The molecule has 2 rings (SSSR count). The van der Waals surface area contributed by atoms with Crippen LogP contribution in [0.3, 0.4) is 0 Å². The molecule has 0 atom stereocenters. The lowest BCUT2D eigenvalue weighted by atomic mass is 10.1. The van der Waals surface area contributed by atoms with Crippen molar-refractivity contribution in [1.82, 2.24) is 3.97 Å². The first-order valence-corrected chi connectivity index (χ1v) is 6.55. The van der Waals surface area contributed by atoms with Gasteiger partial charge in [-0.3, -0.25) is 3.97 Å². The average Bonchev–Trinajstić information content (AvgIpc) is 2.58. The van der Waals surface area contributed by atoms with Crippen molar-refractivity contribution in [1.29, 1.82) is 5.26 Å². The van der Waals surface area contributed by atoms with Crippen molar-refractivity contribution in [3.63, 3.8) is 0 Å². The standard InChI is InChI=1S/C11H8BrFN2S/c1-16-15-6-7(2-3-14)8-4-10(13)9(12)5-11(8)15/h4-6H,2H2,1H3. The molecule has 0 aliphatic heterocycles. The highest BCUT2D eigenvalue weighted by atomic mass is 79.9. The van der Waals surface area contributed by atoms with Gasteiger partial charge in [0.15, 0.2) is 0 Å². The number of halogens is 2. The molecule has 0 saturated carbocycles. The fourth-order valence-corrected chi connectivity index (χ4v) is 2.55. The maximum atomic E-state index is 13.4. The van der Waals surface area contributed by atoms with Crippen LogP contribution in [0.15, 0.2) is 22.8 Å². The maximum absolute atomic E-state index is 13.4. The first-order chi connectivity index (χ1) is 7.67. The zero-order valence-corrected chi connectivity index (χ0v) is 10.9. The van der Waals surface area contributed by atoms with Crippen molar-refractivity contribution in [2.45, 2.75) is 6.42 Å². The number of hydrogen-bond acceptors (Lipinski definition) is 2. The number of hydrogen-bond donors (Lipinski definition) is 0. The third-order valence-corrected chi connectivity index (χ3v) is 3.66. The highest BCUT2D eigenvalue weighted by Crippen LogP contribution is 2.29. The van der Waals surface area contributed by atoms with Crippen LogP contribution in [0, 0.1) is 17.1 Å². The van der Waals surface area contributed by atoms with Gasteiger partial charge in [0.25, 0.3) is 0 Å². The van der Waals surface area contributed by atoms with Gasteiger partial charge in [0.1, 0.15) is 5.82 Å². The van der Waals surface area contributed by atoms with Crippen LogP contribution in [0.4, 0.5) is 4.39 Å². The molecule has 0 N–H and O–H groups in total. The van der Waals surface area contributed by atoms with E-state index in [0.29, 0.717) is 10.9 Å². The van der Waals surface area contributed by atoms with Crippen molar-refractivity contribution in [2.75, 3.05) is 6.26 Å². The summed E-state index contributed by atoms with van der Waals surface area (Å²) in [6, 6.07) is 5.30. The smallest absolute Gasteiger partial charge is 0.138 e. The summed E-state index contributed by atoms with van der Waals surface area (Å²) in [6.45, 7) is 0. The molecule has 0 amide bonds. The molecule has 1 aromatic carbocycles. The van der Waals surface area contributed by atoms with E-state index in [1.807, 2.05) is 16.4 Å². The fourth-order valence-electron chi connectivity index (χ4n) is 1.63. The molecule has 0 radical (unpaired) electrons. The van der Waals surface area contributed by atoms with Crippen LogP contribution in [0.2, 0.25) is 0 Å². The Labute approximate surface area is 105 Å². The number of benzene rings is 1. The average molecular weight is 299 g/mol. The molecule has 5 heteroatoms. The van der Waals surface area contributed by atoms with E-state index in [1.165, 1.54) is 18.0 Å². The molecule has 0 saturated heterocycles. The van der Waals surface area contributed by atoms with Crippen molar-refractivity contribution in [3.8, 4) is 6.07 Å². The minimum atomic E-state index is -0.300. The zero-order valence-electron chi connectivity index (χ0n) is 8.50. The summed E-state index contributed by atoms with van der Waals surface area (Å²) in [4.78, 5) is 0. The SMILES string of the molecule is CSn1cc(CC#N)c2cc(F)c(Br)cc21. The Balaban J connectivity index is 2.76. The monoisotopic (exact) mass is 298 g/mol. The Kier molecular flexibility index (Phi) is 3.22. The van der Waals surface area contributed by atoms with Gasteiger partial charge in [0.2, 0.25) is 0 Å². The zero-order chi connectivity index (χ0) is 11.7. The predicted octanol–water partition coefficient (Wildman–Crippen LogP) is 3.74. The predicted molar refractivity (Wildman–Crippen MR) is 67.8 cm³/mol. The minimum absolute atomic E-state index is 0.297. The molecule has 1 heterocycles. The number of rotatable bonds is 2. The van der Waals surface area contributed by atoms with Crippen LogP contribution in [-0.4, -0.2) is 10.2 Å². The summed E-state index contributed by atoms with van der Waals surface area (Å²) in [5, 5.41) is 9.52. The fraction of sp³-hybridized carbons (Fsp3) is 0.182. The van der Waals surface area contributed by atoms with E-state index in [1.54, 1.807) is 6.07 Å². The summed E-state index contributed by atoms with van der Waals surface area (Å²) in [5.41, 5.74) is 1.78. The molecule has 0 fully saturated rings. The van der Waals surface area contributed by atoms with E-state index in [2.05, 4.69) is 22.0 Å². The van der Waals surface area contributed by atoms with Crippen LogP contribution in [0.1, 0.15) is 5.56 Å². The summed E-state index contributed by atoms with van der Waals surface area (Å²) in [6.07, 6.45) is 4.11. The molecule has 0 aliphatic carbocycles. The normalized spacial score (nSPS) is 10.6. The van der Waals surface area contributed by atoms with Gasteiger partial charge in [-0.05, 0) is 45.6 Å². The number of aromatic nitrogens is 1. The molecular formula is C11H8BrFN2S. The minimum Gasteiger partial charge on any atom is -0.291 e. The van der Waals surface area contributed by atoms with Crippen LogP contribution in [0.25, 0.3) is 10.9 Å². The van der Waals surface area contributed by atoms with Gasteiger partial charge in [0, 0.05) is 17.8 Å². The van der Waals surface area contributed by atoms with Crippen molar-refractivity contribution in [3.05, 3.63) is 34.2 Å². The van der Waals surface area contributed by atoms with Gasteiger partial charge in [-0.1, -0.05) is 0 Å². The molecule has 0 unspecified atom stereocenters. The lowest BCUT2D eigenvalue weighted by Crippen LogP contribution is -1.83. The molecule has 1 aromatic heterocycles. The first-order valence-electron chi connectivity index (χ1n) is 4.57. The second kappa shape index (κ2) is 4.48. The number of fused-ring (bicyclic) bond motifs is 1. The van der Waals surface area contributed by atoms with E-state index in [9.17, 15) is 4.39 Å². The van der Waals surface area contributed by atoms with Gasteiger partial charge in [-0.2, -0.15) is 5.26 Å². The van der Waals surface area contributed by atoms with Gasteiger partial charge < -0.3 is 0 Å². The highest BCUT2D eigenvalue weighted by Gasteiger charge is 2.11. The Morgan fingerprint density at radius 3 is 2.94 bits per heavy atom. The lowest BCUT2D eigenvalue weighted by Gasteiger charge is -2.00. The summed E-state index contributed by atoms with van der Waals surface area (Å²) in [7, 11) is 0. The van der Waals surface area contributed by atoms with Crippen LogP contribution >= 0.6 is 27.9 Å². The van der Waals surface area contributed by atoms with Crippen LogP contribution in [-0.2, 0) is 6.42 Å². The Bertz CT molecular complexity index is 586. The first kappa shape index (κ1) is 11.5. The van der Waals surface area contributed by atoms with E-state index in [0.717, 1.165) is 16.5 Å². The third-order valence-electron chi connectivity index (χ3n) is 2.36. The second-order valence-electron chi connectivity index (χ2n) is 3.28. The topological polar surface area (TPSA) is 28.7 Å². The summed E-state index contributed by atoms with van der Waals surface area (Å²) in [5.74, 6) is -0.300. The Morgan fingerprint density at radius 1 is 1.56 bits per heavy atom. The van der Waals surface area contributed by atoms with Crippen molar-refractivity contribution >= 4 is 38.8 Å². The lowest BCUT2D eigenvalue weighted by molar-refractivity contribution is 0.623. The van der Waals surface area contributed by atoms with Crippen molar-refractivity contribution in [2.24, 2.45) is 0 Å². The van der Waals surface area contributed by atoms with Gasteiger partial charge >= 0.3 is 0 Å².